The van der Waals surface area contributed by atoms with Crippen LogP contribution in [0, 0.1) is 10.1 Å². The Morgan fingerprint density at radius 2 is 2.04 bits per heavy atom. The minimum Gasteiger partial charge on any atom is -0.454 e. The van der Waals surface area contributed by atoms with Gasteiger partial charge in [-0.2, -0.15) is 0 Å². The van der Waals surface area contributed by atoms with Crippen molar-refractivity contribution in [3.05, 3.63) is 39.3 Å². The summed E-state index contributed by atoms with van der Waals surface area (Å²) in [6.45, 7) is 0.188. The third kappa shape index (κ3) is 2.47. The van der Waals surface area contributed by atoms with Gasteiger partial charge in [0.05, 0.1) is 20.0 Å². The molecular weight excluding hydrogens is 342 g/mol. The number of nitrogens with one attached hydrogen (secondary N) is 1. The molecule has 3 aromatic rings. The van der Waals surface area contributed by atoms with Crippen LogP contribution in [0.15, 0.2) is 24.3 Å². The van der Waals surface area contributed by atoms with Gasteiger partial charge >= 0.3 is 5.00 Å². The molecule has 4 rings (SSSR count). The predicted molar refractivity (Wildman–Crippen MR) is 84.7 cm³/mol. The first-order chi connectivity index (χ1) is 11.1. The molecule has 0 atom stereocenters. The smallest absolute Gasteiger partial charge is 0.324 e. The SMILES string of the molecule is O=C(Nc1nc2cc3c(cc2s1)OCO3)c1ccc([N+](=O)[O-])s1. The molecule has 0 aliphatic carbocycles. The normalized spacial score (nSPS) is 12.5. The molecule has 3 heterocycles. The van der Waals surface area contributed by atoms with E-state index in [1.54, 1.807) is 12.1 Å². The molecule has 0 radical (unpaired) electrons. The highest BCUT2D eigenvalue weighted by Crippen LogP contribution is 2.39. The second kappa shape index (κ2) is 5.18. The highest BCUT2D eigenvalue weighted by Gasteiger charge is 2.19. The molecule has 0 unspecified atom stereocenters. The molecular formula is C13H7N3O5S2. The van der Waals surface area contributed by atoms with Gasteiger partial charge in [-0.05, 0) is 6.07 Å². The van der Waals surface area contributed by atoms with E-state index in [4.69, 9.17) is 9.47 Å². The van der Waals surface area contributed by atoms with Crippen LogP contribution in [0.2, 0.25) is 0 Å². The van der Waals surface area contributed by atoms with Gasteiger partial charge in [0.25, 0.3) is 5.91 Å². The number of hydrogen-bond acceptors (Lipinski definition) is 8. The van der Waals surface area contributed by atoms with Crippen LogP contribution in [-0.2, 0) is 0 Å². The molecule has 0 saturated heterocycles. The zero-order valence-electron chi connectivity index (χ0n) is 11.3. The lowest BCUT2D eigenvalue weighted by atomic mass is 10.3. The molecule has 1 aliphatic heterocycles. The van der Waals surface area contributed by atoms with E-state index in [0.717, 1.165) is 16.0 Å². The monoisotopic (exact) mass is 349 g/mol. The van der Waals surface area contributed by atoms with Crippen LogP contribution in [0.1, 0.15) is 9.67 Å². The number of carbonyl (C=O) groups is 1. The Hall–Kier alpha value is -2.72. The molecule has 0 spiro atoms. The number of anilines is 1. The van der Waals surface area contributed by atoms with Gasteiger partial charge in [0.15, 0.2) is 16.6 Å². The molecule has 0 fully saturated rings. The Labute approximate surface area is 136 Å². The van der Waals surface area contributed by atoms with Gasteiger partial charge in [-0.15, -0.1) is 0 Å². The summed E-state index contributed by atoms with van der Waals surface area (Å²) in [5.74, 6) is 0.838. The predicted octanol–water partition coefficient (Wildman–Crippen LogP) is 3.25. The summed E-state index contributed by atoms with van der Waals surface area (Å²) in [6.07, 6.45) is 0. The van der Waals surface area contributed by atoms with Gasteiger partial charge in [0.1, 0.15) is 0 Å². The molecule has 1 amide bonds. The van der Waals surface area contributed by atoms with Crippen LogP contribution in [0.3, 0.4) is 0 Å². The molecule has 0 bridgehead atoms. The average Bonchev–Trinajstić information content (AvgIpc) is 3.22. The summed E-state index contributed by atoms with van der Waals surface area (Å²) in [5.41, 5.74) is 0.687. The van der Waals surface area contributed by atoms with Crippen molar-refractivity contribution in [2.75, 3.05) is 12.1 Å². The van der Waals surface area contributed by atoms with Gasteiger partial charge in [-0.25, -0.2) is 4.98 Å². The number of nitrogens with zero attached hydrogens (tertiary/aromatic N) is 2. The quantitative estimate of drug-likeness (QED) is 0.575. The van der Waals surface area contributed by atoms with Crippen LogP contribution < -0.4 is 14.8 Å². The lowest BCUT2D eigenvalue weighted by Crippen LogP contribution is -2.09. The topological polar surface area (TPSA) is 104 Å². The minimum atomic E-state index is -0.527. The summed E-state index contributed by atoms with van der Waals surface area (Å²) in [5, 5.41) is 13.6. The number of amides is 1. The zero-order valence-corrected chi connectivity index (χ0v) is 12.9. The number of rotatable bonds is 3. The fourth-order valence-corrected chi connectivity index (χ4v) is 3.66. The molecule has 0 saturated carbocycles. The van der Waals surface area contributed by atoms with Crippen molar-refractivity contribution in [3.63, 3.8) is 0 Å². The van der Waals surface area contributed by atoms with Crippen LogP contribution in [0.4, 0.5) is 10.1 Å². The number of thiophene rings is 1. The Bertz CT molecular complexity index is 907. The van der Waals surface area contributed by atoms with Crippen LogP contribution >= 0.6 is 22.7 Å². The van der Waals surface area contributed by atoms with Crippen LogP contribution in [-0.4, -0.2) is 22.6 Å². The van der Waals surface area contributed by atoms with E-state index in [9.17, 15) is 14.9 Å². The lowest BCUT2D eigenvalue weighted by molar-refractivity contribution is -0.380. The van der Waals surface area contributed by atoms with E-state index in [2.05, 4.69) is 10.3 Å². The molecule has 2 aromatic heterocycles. The van der Waals surface area contributed by atoms with E-state index in [0.29, 0.717) is 22.1 Å². The first-order valence-corrected chi connectivity index (χ1v) is 7.99. The molecule has 10 heteroatoms. The van der Waals surface area contributed by atoms with Gasteiger partial charge < -0.3 is 9.47 Å². The van der Waals surface area contributed by atoms with Crippen molar-refractivity contribution < 1.29 is 19.2 Å². The maximum atomic E-state index is 12.1. The molecule has 23 heavy (non-hydrogen) atoms. The molecule has 1 aliphatic rings. The number of aromatic nitrogens is 1. The minimum absolute atomic E-state index is 0.0785. The van der Waals surface area contributed by atoms with Crippen molar-refractivity contribution in [1.82, 2.24) is 4.98 Å². The Kier molecular flexibility index (Phi) is 3.13. The number of benzene rings is 1. The average molecular weight is 349 g/mol. The first kappa shape index (κ1) is 13.9. The highest BCUT2D eigenvalue weighted by molar-refractivity contribution is 7.22. The lowest BCUT2D eigenvalue weighted by Gasteiger charge is -1.96. The number of hydrogen-bond donors (Lipinski definition) is 1. The van der Waals surface area contributed by atoms with Gasteiger partial charge in [-0.1, -0.05) is 22.7 Å². The fraction of sp³-hybridized carbons (Fsp3) is 0.0769. The largest absolute Gasteiger partial charge is 0.454 e. The van der Waals surface area contributed by atoms with Crippen molar-refractivity contribution in [2.24, 2.45) is 0 Å². The number of ether oxygens (including phenoxy) is 2. The Balaban J connectivity index is 1.59. The van der Waals surface area contributed by atoms with Crippen molar-refractivity contribution in [1.29, 1.82) is 0 Å². The van der Waals surface area contributed by atoms with Crippen molar-refractivity contribution in [3.8, 4) is 11.5 Å². The third-order valence-electron chi connectivity index (χ3n) is 3.10. The molecule has 1 N–H and O–H groups in total. The second-order valence-corrected chi connectivity index (χ2v) is 6.63. The zero-order chi connectivity index (χ0) is 16.0. The van der Waals surface area contributed by atoms with Gasteiger partial charge in [-0.3, -0.25) is 20.2 Å². The summed E-state index contributed by atoms with van der Waals surface area (Å²) >= 11 is 2.11. The van der Waals surface area contributed by atoms with E-state index < -0.39 is 10.8 Å². The summed E-state index contributed by atoms with van der Waals surface area (Å²) in [4.78, 5) is 26.8. The Morgan fingerprint density at radius 3 is 2.78 bits per heavy atom. The van der Waals surface area contributed by atoms with E-state index in [-0.39, 0.29) is 16.7 Å². The Morgan fingerprint density at radius 1 is 1.26 bits per heavy atom. The highest BCUT2D eigenvalue weighted by atomic mass is 32.1. The van der Waals surface area contributed by atoms with Crippen LogP contribution in [0.25, 0.3) is 10.2 Å². The number of nitro groups is 1. The van der Waals surface area contributed by atoms with E-state index in [1.807, 2.05) is 0 Å². The van der Waals surface area contributed by atoms with Crippen molar-refractivity contribution >= 4 is 48.9 Å². The fourth-order valence-electron chi connectivity index (χ4n) is 2.08. The standard InChI is InChI=1S/C13H7N3O5S2/c17-12(9-1-2-11(22-9)16(18)19)15-13-14-6-3-7-8(21-5-20-7)4-10(6)23-13/h1-4H,5H2,(H,14,15,17). The summed E-state index contributed by atoms with van der Waals surface area (Å²) in [6, 6.07) is 6.28. The number of thiazole rings is 1. The van der Waals surface area contributed by atoms with Crippen LogP contribution in [0.5, 0.6) is 11.5 Å². The maximum absolute atomic E-state index is 12.1. The second-order valence-electron chi connectivity index (χ2n) is 4.54. The van der Waals surface area contributed by atoms with E-state index in [1.165, 1.54) is 23.5 Å². The van der Waals surface area contributed by atoms with Gasteiger partial charge in [0, 0.05) is 18.2 Å². The third-order valence-corrected chi connectivity index (χ3v) is 5.07. The number of fused-ring (bicyclic) bond motifs is 2. The molecule has 8 nitrogen and oxygen atoms in total. The van der Waals surface area contributed by atoms with E-state index >= 15 is 0 Å². The maximum Gasteiger partial charge on any atom is 0.324 e. The number of carbonyl (C=O) groups excluding carboxylic acids is 1. The van der Waals surface area contributed by atoms with Crippen molar-refractivity contribution in [2.45, 2.75) is 0 Å². The first-order valence-electron chi connectivity index (χ1n) is 6.36. The summed E-state index contributed by atoms with van der Waals surface area (Å²) < 4.78 is 11.4. The molecule has 1 aromatic carbocycles. The molecule has 116 valence electrons. The van der Waals surface area contributed by atoms with Gasteiger partial charge in [0.2, 0.25) is 6.79 Å². The summed E-state index contributed by atoms with van der Waals surface area (Å²) in [7, 11) is 0.